The molecule has 2 unspecified atom stereocenters. The summed E-state index contributed by atoms with van der Waals surface area (Å²) in [4.78, 5) is 26.3. The summed E-state index contributed by atoms with van der Waals surface area (Å²) in [7, 11) is 0. The van der Waals surface area contributed by atoms with Crippen molar-refractivity contribution >= 4 is 11.8 Å². The number of rotatable bonds is 5. The van der Waals surface area contributed by atoms with E-state index in [2.05, 4.69) is 19.2 Å². The van der Waals surface area contributed by atoms with Crippen molar-refractivity contribution in [3.05, 3.63) is 0 Å². The maximum Gasteiger partial charge on any atom is 0.246 e. The average Bonchev–Trinajstić information content (AvgIpc) is 2.32. The van der Waals surface area contributed by atoms with Crippen molar-refractivity contribution in [3.63, 3.8) is 0 Å². The monoisotopic (exact) mass is 254 g/mol. The van der Waals surface area contributed by atoms with E-state index >= 15 is 0 Å². The Kier molecular flexibility index (Phi) is 4.77. The summed E-state index contributed by atoms with van der Waals surface area (Å²) < 4.78 is 0. The molecular formula is C14H26N2O2. The van der Waals surface area contributed by atoms with Gasteiger partial charge in [-0.15, -0.1) is 0 Å². The second-order valence-electron chi connectivity index (χ2n) is 5.84. The highest BCUT2D eigenvalue weighted by atomic mass is 16.2. The van der Waals surface area contributed by atoms with Crippen LogP contribution in [0.3, 0.4) is 0 Å². The van der Waals surface area contributed by atoms with Crippen molar-refractivity contribution in [1.29, 1.82) is 0 Å². The first-order valence-electron chi connectivity index (χ1n) is 6.97. The number of nitrogens with one attached hydrogen (secondary N) is 1. The van der Waals surface area contributed by atoms with Crippen molar-refractivity contribution in [2.24, 2.45) is 5.92 Å². The molecule has 1 aliphatic heterocycles. The molecule has 0 saturated carbocycles. The van der Waals surface area contributed by atoms with E-state index in [1.54, 1.807) is 4.90 Å². The van der Waals surface area contributed by atoms with Crippen molar-refractivity contribution in [2.75, 3.05) is 6.54 Å². The summed E-state index contributed by atoms with van der Waals surface area (Å²) in [5.41, 5.74) is -0.731. The summed E-state index contributed by atoms with van der Waals surface area (Å²) in [6, 6.07) is -0.334. The molecular weight excluding hydrogens is 228 g/mol. The Labute approximate surface area is 110 Å². The molecule has 2 atom stereocenters. The molecule has 1 saturated heterocycles. The van der Waals surface area contributed by atoms with Gasteiger partial charge in [-0.05, 0) is 26.2 Å². The summed E-state index contributed by atoms with van der Waals surface area (Å²) in [5.74, 6) is 0.451. The first kappa shape index (κ1) is 15.0. The van der Waals surface area contributed by atoms with Gasteiger partial charge < -0.3 is 10.2 Å². The van der Waals surface area contributed by atoms with Gasteiger partial charge in [0.1, 0.15) is 11.6 Å². The van der Waals surface area contributed by atoms with Crippen molar-refractivity contribution in [1.82, 2.24) is 10.2 Å². The predicted octanol–water partition coefficient (Wildman–Crippen LogP) is 1.94. The Morgan fingerprint density at radius 1 is 1.33 bits per heavy atom. The maximum absolute atomic E-state index is 12.4. The number of carbonyl (C=O) groups excluding carboxylic acids is 2. The Morgan fingerprint density at radius 2 is 1.94 bits per heavy atom. The lowest BCUT2D eigenvalue weighted by atomic mass is 9.92. The van der Waals surface area contributed by atoms with E-state index < -0.39 is 5.54 Å². The van der Waals surface area contributed by atoms with Crippen LogP contribution in [0.1, 0.15) is 53.9 Å². The highest BCUT2D eigenvalue weighted by Crippen LogP contribution is 2.24. The molecule has 1 heterocycles. The van der Waals surface area contributed by atoms with Crippen LogP contribution in [0.4, 0.5) is 0 Å². The summed E-state index contributed by atoms with van der Waals surface area (Å²) in [6.07, 6.45) is 2.63. The van der Waals surface area contributed by atoms with Gasteiger partial charge in [0.2, 0.25) is 11.8 Å². The summed E-state index contributed by atoms with van der Waals surface area (Å²) in [6.45, 7) is 10.6. The van der Waals surface area contributed by atoms with Crippen molar-refractivity contribution in [2.45, 2.75) is 65.5 Å². The van der Waals surface area contributed by atoms with E-state index in [9.17, 15) is 9.59 Å². The van der Waals surface area contributed by atoms with E-state index in [1.165, 1.54) is 0 Å². The Balaban J connectivity index is 2.92. The van der Waals surface area contributed by atoms with Crippen LogP contribution in [-0.4, -0.2) is 34.8 Å². The molecule has 0 spiro atoms. The van der Waals surface area contributed by atoms with Gasteiger partial charge in [-0.25, -0.2) is 0 Å². The molecule has 1 fully saturated rings. The van der Waals surface area contributed by atoms with Gasteiger partial charge in [0.15, 0.2) is 0 Å². The summed E-state index contributed by atoms with van der Waals surface area (Å²) >= 11 is 0. The van der Waals surface area contributed by atoms with Crippen molar-refractivity contribution in [3.8, 4) is 0 Å². The summed E-state index contributed by atoms with van der Waals surface area (Å²) in [5, 5.41) is 2.85. The van der Waals surface area contributed by atoms with Crippen LogP contribution >= 0.6 is 0 Å². The van der Waals surface area contributed by atoms with Gasteiger partial charge in [-0.2, -0.15) is 0 Å². The smallest absolute Gasteiger partial charge is 0.246 e. The zero-order valence-corrected chi connectivity index (χ0v) is 12.2. The number of amides is 2. The Bertz CT molecular complexity index is 326. The molecule has 0 aliphatic carbocycles. The van der Waals surface area contributed by atoms with Crippen LogP contribution in [0.5, 0.6) is 0 Å². The lowest BCUT2D eigenvalue weighted by molar-refractivity contribution is -0.156. The Hall–Kier alpha value is -1.06. The third-order valence-corrected chi connectivity index (χ3v) is 3.87. The number of hydrogen-bond acceptors (Lipinski definition) is 2. The minimum Gasteiger partial charge on any atom is -0.342 e. The maximum atomic E-state index is 12.4. The Morgan fingerprint density at radius 3 is 2.44 bits per heavy atom. The van der Waals surface area contributed by atoms with E-state index in [-0.39, 0.29) is 17.9 Å². The fourth-order valence-electron chi connectivity index (χ4n) is 2.23. The highest BCUT2D eigenvalue weighted by molar-refractivity contribution is 5.99. The topological polar surface area (TPSA) is 49.4 Å². The molecule has 1 aliphatic rings. The number of piperazine rings is 1. The van der Waals surface area contributed by atoms with Gasteiger partial charge in [0.05, 0.1) is 0 Å². The highest BCUT2D eigenvalue weighted by Gasteiger charge is 2.45. The largest absolute Gasteiger partial charge is 0.342 e. The minimum absolute atomic E-state index is 0.0381. The van der Waals surface area contributed by atoms with Gasteiger partial charge in [0.25, 0.3) is 0 Å². The second kappa shape index (κ2) is 5.72. The van der Waals surface area contributed by atoms with Gasteiger partial charge in [-0.3, -0.25) is 9.59 Å². The third-order valence-electron chi connectivity index (χ3n) is 3.87. The van der Waals surface area contributed by atoms with Crippen LogP contribution in [0, 0.1) is 5.92 Å². The fraction of sp³-hybridized carbons (Fsp3) is 0.857. The van der Waals surface area contributed by atoms with E-state index in [0.29, 0.717) is 12.5 Å². The first-order chi connectivity index (χ1) is 8.34. The minimum atomic E-state index is -0.731. The zero-order chi connectivity index (χ0) is 13.9. The molecule has 1 N–H and O–H groups in total. The van der Waals surface area contributed by atoms with Crippen LogP contribution < -0.4 is 5.32 Å². The van der Waals surface area contributed by atoms with Gasteiger partial charge in [0, 0.05) is 6.54 Å². The molecule has 0 radical (unpaired) electrons. The molecule has 0 aromatic carbocycles. The van der Waals surface area contributed by atoms with Gasteiger partial charge in [-0.1, -0.05) is 33.6 Å². The quantitative estimate of drug-likeness (QED) is 0.815. The van der Waals surface area contributed by atoms with E-state index in [0.717, 1.165) is 19.3 Å². The molecule has 4 nitrogen and oxygen atoms in total. The number of nitrogens with zero attached hydrogens (tertiary/aromatic N) is 1. The standard InChI is InChI=1S/C14H26N2O2/c1-6-8-11-12(17)16(9-10(3)7-2)14(4,5)13(18)15-11/h10-11H,6-9H2,1-5H3,(H,15,18). The zero-order valence-electron chi connectivity index (χ0n) is 12.2. The van der Waals surface area contributed by atoms with Crippen LogP contribution in [0.2, 0.25) is 0 Å². The molecule has 4 heteroatoms. The van der Waals surface area contributed by atoms with Crippen molar-refractivity contribution < 1.29 is 9.59 Å². The molecule has 0 aromatic heterocycles. The predicted molar refractivity (Wildman–Crippen MR) is 72.1 cm³/mol. The molecule has 0 bridgehead atoms. The first-order valence-corrected chi connectivity index (χ1v) is 6.97. The number of carbonyl (C=O) groups is 2. The van der Waals surface area contributed by atoms with Crippen LogP contribution in [0.15, 0.2) is 0 Å². The van der Waals surface area contributed by atoms with Gasteiger partial charge >= 0.3 is 0 Å². The molecule has 18 heavy (non-hydrogen) atoms. The fourth-order valence-corrected chi connectivity index (χ4v) is 2.23. The molecule has 104 valence electrons. The normalized spacial score (nSPS) is 24.9. The lowest BCUT2D eigenvalue weighted by Gasteiger charge is -2.45. The third kappa shape index (κ3) is 2.85. The second-order valence-corrected chi connectivity index (χ2v) is 5.84. The number of hydrogen-bond donors (Lipinski definition) is 1. The SMILES string of the molecule is CCCC1NC(=O)C(C)(C)N(CC(C)CC)C1=O. The molecule has 2 amide bonds. The van der Waals surface area contributed by atoms with Crippen LogP contribution in [-0.2, 0) is 9.59 Å². The van der Waals surface area contributed by atoms with E-state index in [4.69, 9.17) is 0 Å². The molecule has 1 rings (SSSR count). The van der Waals surface area contributed by atoms with E-state index in [1.807, 2.05) is 20.8 Å². The average molecular weight is 254 g/mol. The van der Waals surface area contributed by atoms with Crippen LogP contribution in [0.25, 0.3) is 0 Å². The molecule has 0 aromatic rings. The lowest BCUT2D eigenvalue weighted by Crippen LogP contribution is -2.68.